The van der Waals surface area contributed by atoms with Gasteiger partial charge in [-0.3, -0.25) is 14.4 Å². The average Bonchev–Trinajstić information content (AvgIpc) is 2.66. The van der Waals surface area contributed by atoms with Gasteiger partial charge >= 0.3 is 17.9 Å². The van der Waals surface area contributed by atoms with Gasteiger partial charge in [0.05, 0.1) is 12.3 Å². The Labute approximate surface area is 172 Å². The average molecular weight is 427 g/mol. The normalized spacial score (nSPS) is 25.8. The zero-order valence-corrected chi connectivity index (χ0v) is 16.8. The highest BCUT2D eigenvalue weighted by Crippen LogP contribution is 2.31. The number of esters is 3. The zero-order chi connectivity index (χ0) is 22.4. The number of aliphatic hydroxyl groups excluding tert-OH is 2. The smallest absolute Gasteiger partial charge is 0.303 e. The minimum absolute atomic E-state index is 0.138. The number of carbonyl (C=O) groups is 3. The van der Waals surface area contributed by atoms with Crippen molar-refractivity contribution in [3.63, 3.8) is 0 Å². The van der Waals surface area contributed by atoms with Crippen LogP contribution in [0.25, 0.3) is 0 Å². The summed E-state index contributed by atoms with van der Waals surface area (Å²) in [5.41, 5.74) is 6.64. The first-order chi connectivity index (χ1) is 14.1. The number of anilines is 1. The third kappa shape index (κ3) is 6.05. The first-order valence-corrected chi connectivity index (χ1v) is 9.09. The van der Waals surface area contributed by atoms with Crippen molar-refractivity contribution in [2.75, 3.05) is 12.3 Å². The van der Waals surface area contributed by atoms with Gasteiger partial charge in [0.2, 0.25) is 12.4 Å². The molecule has 11 nitrogen and oxygen atoms in total. The molecule has 0 saturated carbocycles. The Morgan fingerprint density at radius 2 is 1.70 bits per heavy atom. The van der Waals surface area contributed by atoms with Crippen LogP contribution in [0.1, 0.15) is 26.3 Å². The Morgan fingerprint density at radius 3 is 2.23 bits per heavy atom. The van der Waals surface area contributed by atoms with Gasteiger partial charge in [-0.15, -0.1) is 0 Å². The van der Waals surface area contributed by atoms with E-state index in [1.165, 1.54) is 19.1 Å². The Bertz CT molecular complexity index is 783. The van der Waals surface area contributed by atoms with Crippen molar-refractivity contribution < 1.29 is 48.3 Å². The predicted octanol–water partition coefficient (Wildman–Crippen LogP) is -0.348. The van der Waals surface area contributed by atoms with Crippen molar-refractivity contribution in [1.29, 1.82) is 0 Å². The van der Waals surface area contributed by atoms with E-state index in [0.717, 1.165) is 13.8 Å². The zero-order valence-electron chi connectivity index (χ0n) is 16.8. The summed E-state index contributed by atoms with van der Waals surface area (Å²) in [5, 5.41) is 19.8. The molecule has 0 aliphatic carbocycles. The third-order valence-corrected chi connectivity index (χ3v) is 4.17. The number of nitrogens with two attached hydrogens (primary N) is 1. The number of benzene rings is 1. The molecule has 1 aromatic carbocycles. The van der Waals surface area contributed by atoms with E-state index in [4.69, 9.17) is 29.4 Å². The summed E-state index contributed by atoms with van der Waals surface area (Å²) in [7, 11) is 0. The number of hydrogen-bond acceptors (Lipinski definition) is 11. The summed E-state index contributed by atoms with van der Waals surface area (Å²) >= 11 is 0. The minimum Gasteiger partial charge on any atom is -0.463 e. The molecule has 1 saturated heterocycles. The van der Waals surface area contributed by atoms with E-state index in [0.29, 0.717) is 5.56 Å². The molecule has 0 bridgehead atoms. The number of carbonyl (C=O) groups excluding carboxylic acids is 3. The van der Waals surface area contributed by atoms with Crippen LogP contribution in [0.5, 0.6) is 5.75 Å². The summed E-state index contributed by atoms with van der Waals surface area (Å²) < 4.78 is 26.7. The van der Waals surface area contributed by atoms with Crippen LogP contribution in [0.2, 0.25) is 0 Å². The maximum atomic E-state index is 11.6. The molecule has 0 radical (unpaired) electrons. The topological polar surface area (TPSA) is 164 Å². The molecule has 1 aromatic rings. The summed E-state index contributed by atoms with van der Waals surface area (Å²) in [6, 6.07) is 4.51. The van der Waals surface area contributed by atoms with Crippen molar-refractivity contribution in [3.05, 3.63) is 23.8 Å². The second-order valence-corrected chi connectivity index (χ2v) is 6.63. The standard InChI is InChI=1S/C19H25NO10/c1-9(22)26-8-15-16(25)17(27-10(2)23)18(28-11(3)24)19(30-15)29-14-5-4-12(7-21)6-13(14)20/h4-6,15-19,21,25H,7-8,20H2,1-3H3/t15-,16-,17+,18+,19+/m1/s1. The molecule has 166 valence electrons. The Morgan fingerprint density at radius 1 is 1.07 bits per heavy atom. The van der Waals surface area contributed by atoms with Gasteiger partial charge in [0.15, 0.2) is 6.10 Å². The molecule has 11 heteroatoms. The number of hydrogen-bond donors (Lipinski definition) is 3. The van der Waals surface area contributed by atoms with Gasteiger partial charge in [0.1, 0.15) is 24.6 Å². The molecule has 0 spiro atoms. The van der Waals surface area contributed by atoms with Crippen molar-refractivity contribution in [3.8, 4) is 5.75 Å². The number of rotatable bonds is 7. The lowest BCUT2D eigenvalue weighted by Crippen LogP contribution is -2.62. The van der Waals surface area contributed by atoms with Crippen LogP contribution in [0, 0.1) is 0 Å². The minimum atomic E-state index is -1.48. The van der Waals surface area contributed by atoms with E-state index in [1.54, 1.807) is 6.07 Å². The van der Waals surface area contributed by atoms with Gasteiger partial charge in [-0.2, -0.15) is 0 Å². The Balaban J connectivity index is 2.36. The summed E-state index contributed by atoms with van der Waals surface area (Å²) in [6.07, 6.45) is -6.68. The van der Waals surface area contributed by atoms with Crippen LogP contribution in [0.4, 0.5) is 5.69 Å². The summed E-state index contributed by atoms with van der Waals surface area (Å²) in [6.45, 7) is 2.84. The number of ether oxygens (including phenoxy) is 5. The van der Waals surface area contributed by atoms with Crippen LogP contribution in [0.3, 0.4) is 0 Å². The molecule has 0 aromatic heterocycles. The van der Waals surface area contributed by atoms with Crippen LogP contribution in [0.15, 0.2) is 18.2 Å². The second kappa shape index (κ2) is 10.2. The van der Waals surface area contributed by atoms with Gasteiger partial charge in [0.25, 0.3) is 0 Å². The Kier molecular flexibility index (Phi) is 7.98. The van der Waals surface area contributed by atoms with E-state index < -0.39 is 48.6 Å². The predicted molar refractivity (Wildman–Crippen MR) is 99.8 cm³/mol. The maximum Gasteiger partial charge on any atom is 0.303 e. The highest BCUT2D eigenvalue weighted by atomic mass is 16.7. The van der Waals surface area contributed by atoms with Gasteiger partial charge in [0, 0.05) is 20.8 Å². The SMILES string of the molecule is CC(=O)OC[C@H]1O[C@H](Oc2ccc(CO)cc2N)[C@@H](OC(C)=O)[C@@H](OC(C)=O)[C@@H]1O. The third-order valence-electron chi connectivity index (χ3n) is 4.17. The molecule has 1 fully saturated rings. The first kappa shape index (κ1) is 23.4. The van der Waals surface area contributed by atoms with E-state index in [1.807, 2.05) is 0 Å². The molecule has 0 amide bonds. The van der Waals surface area contributed by atoms with Crippen LogP contribution >= 0.6 is 0 Å². The second-order valence-electron chi connectivity index (χ2n) is 6.63. The molecule has 2 rings (SSSR count). The van der Waals surface area contributed by atoms with E-state index in [9.17, 15) is 24.6 Å². The molecule has 1 aliphatic heterocycles. The van der Waals surface area contributed by atoms with Gasteiger partial charge in [-0.05, 0) is 17.7 Å². The van der Waals surface area contributed by atoms with Gasteiger partial charge in [-0.1, -0.05) is 6.07 Å². The molecule has 1 aliphatic rings. The largest absolute Gasteiger partial charge is 0.463 e. The highest BCUT2D eigenvalue weighted by molar-refractivity contribution is 5.67. The molecule has 5 atom stereocenters. The molecule has 1 heterocycles. The van der Waals surface area contributed by atoms with Crippen LogP contribution in [-0.2, 0) is 39.9 Å². The fraction of sp³-hybridized carbons (Fsp3) is 0.526. The van der Waals surface area contributed by atoms with Crippen LogP contribution in [-0.4, -0.2) is 65.4 Å². The van der Waals surface area contributed by atoms with E-state index >= 15 is 0 Å². The quantitative estimate of drug-likeness (QED) is 0.296. The lowest BCUT2D eigenvalue weighted by molar-refractivity contribution is -0.285. The summed E-state index contributed by atoms with van der Waals surface area (Å²) in [5.74, 6) is -1.95. The molecular weight excluding hydrogens is 402 g/mol. The first-order valence-electron chi connectivity index (χ1n) is 9.09. The Hall–Kier alpha value is -2.89. The molecular formula is C19H25NO10. The summed E-state index contributed by atoms with van der Waals surface area (Å²) in [4.78, 5) is 34.3. The lowest BCUT2D eigenvalue weighted by Gasteiger charge is -2.42. The highest BCUT2D eigenvalue weighted by Gasteiger charge is 2.51. The molecule has 30 heavy (non-hydrogen) atoms. The van der Waals surface area contributed by atoms with Gasteiger partial charge < -0.3 is 39.6 Å². The van der Waals surface area contributed by atoms with Crippen molar-refractivity contribution in [2.45, 2.75) is 58.1 Å². The number of aliphatic hydroxyl groups is 2. The molecule has 4 N–H and O–H groups in total. The van der Waals surface area contributed by atoms with Crippen molar-refractivity contribution in [2.24, 2.45) is 0 Å². The van der Waals surface area contributed by atoms with E-state index in [2.05, 4.69) is 0 Å². The van der Waals surface area contributed by atoms with Crippen LogP contribution < -0.4 is 10.5 Å². The monoisotopic (exact) mass is 427 g/mol. The van der Waals surface area contributed by atoms with E-state index in [-0.39, 0.29) is 24.7 Å². The maximum absolute atomic E-state index is 11.6. The van der Waals surface area contributed by atoms with Gasteiger partial charge in [-0.25, -0.2) is 0 Å². The number of nitrogen functional groups attached to an aromatic ring is 1. The molecule has 0 unspecified atom stereocenters. The fourth-order valence-electron chi connectivity index (χ4n) is 2.89. The fourth-order valence-corrected chi connectivity index (χ4v) is 2.89. The lowest BCUT2D eigenvalue weighted by atomic mass is 9.98. The van der Waals surface area contributed by atoms with Crippen molar-refractivity contribution >= 4 is 23.6 Å². The van der Waals surface area contributed by atoms with Crippen molar-refractivity contribution in [1.82, 2.24) is 0 Å².